The Balaban J connectivity index is 1.25. The van der Waals surface area contributed by atoms with E-state index in [2.05, 4.69) is 10.6 Å². The van der Waals surface area contributed by atoms with Crippen molar-refractivity contribution in [3.05, 3.63) is 0 Å². The minimum absolute atomic E-state index is 0.0826. The Kier molecular flexibility index (Phi) is 5.87. The average molecular weight is 406 g/mol. The fourth-order valence-electron chi connectivity index (χ4n) is 6.70. The molecule has 5 rings (SSSR count). The van der Waals surface area contributed by atoms with E-state index in [1.165, 1.54) is 19.3 Å². The van der Waals surface area contributed by atoms with Crippen molar-refractivity contribution in [1.82, 2.24) is 15.5 Å². The molecule has 29 heavy (non-hydrogen) atoms. The number of esters is 1. The molecule has 1 aliphatic heterocycles. The maximum Gasteiger partial charge on any atom is 0.321 e. The molecule has 5 aliphatic rings. The first-order chi connectivity index (χ1) is 13.9. The number of ether oxygens (including phenoxy) is 1. The van der Waals surface area contributed by atoms with Gasteiger partial charge in [0.2, 0.25) is 5.91 Å². The SMILES string of the molecule is CCOC(=O)C1CCN([C@H](C)C(=O)NC(=O)NC23CC4CC(CC(C4)C2)C3)CC1. The van der Waals surface area contributed by atoms with Crippen LogP contribution in [0.1, 0.15) is 65.2 Å². The molecular weight excluding hydrogens is 370 g/mol. The molecule has 7 nitrogen and oxygen atoms in total. The largest absolute Gasteiger partial charge is 0.466 e. The highest BCUT2D eigenvalue weighted by Crippen LogP contribution is 2.55. The molecule has 0 radical (unpaired) electrons. The summed E-state index contributed by atoms with van der Waals surface area (Å²) in [6.07, 6.45) is 8.54. The second-order valence-electron chi connectivity index (χ2n) is 9.88. The van der Waals surface area contributed by atoms with E-state index in [9.17, 15) is 14.4 Å². The Bertz CT molecular complexity index is 621. The molecule has 4 saturated carbocycles. The number of nitrogens with zero attached hydrogens (tertiary/aromatic N) is 1. The van der Waals surface area contributed by atoms with Crippen molar-refractivity contribution in [3.63, 3.8) is 0 Å². The number of carbonyl (C=O) groups is 3. The van der Waals surface area contributed by atoms with Crippen LogP contribution in [0, 0.1) is 23.7 Å². The predicted molar refractivity (Wildman–Crippen MR) is 108 cm³/mol. The van der Waals surface area contributed by atoms with Gasteiger partial charge in [0.25, 0.3) is 0 Å². The third-order valence-electron chi connectivity index (χ3n) is 7.73. The van der Waals surface area contributed by atoms with E-state index in [0.717, 1.165) is 37.0 Å². The van der Waals surface area contributed by atoms with Crippen molar-refractivity contribution >= 4 is 17.9 Å². The smallest absolute Gasteiger partial charge is 0.321 e. The van der Waals surface area contributed by atoms with Gasteiger partial charge in [0, 0.05) is 5.54 Å². The average Bonchev–Trinajstić information content (AvgIpc) is 2.66. The van der Waals surface area contributed by atoms with E-state index in [1.807, 2.05) is 18.7 Å². The number of hydrogen-bond acceptors (Lipinski definition) is 5. The van der Waals surface area contributed by atoms with Crippen LogP contribution in [-0.4, -0.2) is 54.1 Å². The molecular formula is C22H35N3O4. The molecule has 0 unspecified atom stereocenters. The summed E-state index contributed by atoms with van der Waals surface area (Å²) in [5.41, 5.74) is -0.0969. The van der Waals surface area contributed by atoms with Crippen molar-refractivity contribution in [2.75, 3.05) is 19.7 Å². The van der Waals surface area contributed by atoms with Crippen molar-refractivity contribution in [3.8, 4) is 0 Å². The molecule has 1 saturated heterocycles. The van der Waals surface area contributed by atoms with Crippen LogP contribution in [0.15, 0.2) is 0 Å². The van der Waals surface area contributed by atoms with Gasteiger partial charge in [-0.25, -0.2) is 4.79 Å². The highest BCUT2D eigenvalue weighted by atomic mass is 16.5. The van der Waals surface area contributed by atoms with E-state index in [1.54, 1.807) is 0 Å². The number of likely N-dealkylation sites (tertiary alicyclic amines) is 1. The first-order valence-electron chi connectivity index (χ1n) is 11.4. The number of piperidine rings is 1. The summed E-state index contributed by atoms with van der Waals surface area (Å²) in [5.74, 6) is 1.76. The van der Waals surface area contributed by atoms with E-state index in [-0.39, 0.29) is 35.4 Å². The Hall–Kier alpha value is -1.63. The molecule has 0 aromatic rings. The van der Waals surface area contributed by atoms with Gasteiger partial charge < -0.3 is 10.1 Å². The highest BCUT2D eigenvalue weighted by Gasteiger charge is 2.51. The molecule has 3 amide bonds. The molecule has 0 aromatic carbocycles. The quantitative estimate of drug-likeness (QED) is 0.686. The van der Waals surface area contributed by atoms with Crippen LogP contribution >= 0.6 is 0 Å². The zero-order chi connectivity index (χ0) is 20.6. The maximum atomic E-state index is 12.7. The molecule has 4 aliphatic carbocycles. The van der Waals surface area contributed by atoms with E-state index in [4.69, 9.17) is 4.74 Å². The summed E-state index contributed by atoms with van der Waals surface area (Å²) >= 11 is 0. The summed E-state index contributed by atoms with van der Waals surface area (Å²) in [6.45, 7) is 5.37. The third kappa shape index (κ3) is 4.44. The van der Waals surface area contributed by atoms with Gasteiger partial charge in [0.1, 0.15) is 0 Å². The summed E-state index contributed by atoms with van der Waals surface area (Å²) in [7, 11) is 0. The van der Waals surface area contributed by atoms with Crippen LogP contribution in [0.3, 0.4) is 0 Å². The minimum Gasteiger partial charge on any atom is -0.466 e. The monoisotopic (exact) mass is 405 g/mol. The van der Waals surface area contributed by atoms with Crippen LogP contribution in [0.25, 0.3) is 0 Å². The highest BCUT2D eigenvalue weighted by molar-refractivity contribution is 5.97. The van der Waals surface area contributed by atoms with Crippen LogP contribution in [-0.2, 0) is 14.3 Å². The van der Waals surface area contributed by atoms with Gasteiger partial charge in [-0.15, -0.1) is 0 Å². The molecule has 0 spiro atoms. The second kappa shape index (κ2) is 8.25. The molecule has 4 bridgehead atoms. The Morgan fingerprint density at radius 3 is 2.10 bits per heavy atom. The first-order valence-corrected chi connectivity index (χ1v) is 11.4. The lowest BCUT2D eigenvalue weighted by atomic mass is 9.53. The Morgan fingerprint density at radius 1 is 1.03 bits per heavy atom. The molecule has 162 valence electrons. The zero-order valence-electron chi connectivity index (χ0n) is 17.7. The zero-order valence-corrected chi connectivity index (χ0v) is 17.7. The standard InChI is InChI=1S/C22H35N3O4/c1-3-29-20(27)18-4-6-25(7-5-18)14(2)19(26)23-21(28)24-22-11-15-8-16(12-22)10-17(9-15)13-22/h14-18H,3-13H2,1-2H3,(H2,23,24,26,28)/t14-,15?,16?,17?,22?/m1/s1. The molecule has 0 aromatic heterocycles. The molecule has 1 atom stereocenters. The van der Waals surface area contributed by atoms with Crippen molar-refractivity contribution in [1.29, 1.82) is 0 Å². The fourth-order valence-corrected chi connectivity index (χ4v) is 6.70. The summed E-state index contributed by atoms with van der Waals surface area (Å²) in [4.78, 5) is 39.2. The van der Waals surface area contributed by atoms with Gasteiger partial charge in [0.05, 0.1) is 18.6 Å². The number of hydrogen-bond donors (Lipinski definition) is 2. The van der Waals surface area contributed by atoms with E-state index in [0.29, 0.717) is 32.5 Å². The normalized spacial score (nSPS) is 35.2. The van der Waals surface area contributed by atoms with Gasteiger partial charge in [-0.2, -0.15) is 0 Å². The van der Waals surface area contributed by atoms with E-state index >= 15 is 0 Å². The summed E-state index contributed by atoms with van der Waals surface area (Å²) in [6, 6.07) is -0.731. The van der Waals surface area contributed by atoms with Crippen molar-refractivity contribution in [2.24, 2.45) is 23.7 Å². The topological polar surface area (TPSA) is 87.7 Å². The first kappa shape index (κ1) is 20.6. The molecule has 2 N–H and O–H groups in total. The van der Waals surface area contributed by atoms with Gasteiger partial charge in [-0.1, -0.05) is 0 Å². The lowest BCUT2D eigenvalue weighted by Crippen LogP contribution is -2.62. The maximum absolute atomic E-state index is 12.7. The second-order valence-corrected chi connectivity index (χ2v) is 9.88. The molecule has 7 heteroatoms. The van der Waals surface area contributed by atoms with Crippen molar-refractivity contribution < 1.29 is 19.1 Å². The summed E-state index contributed by atoms with van der Waals surface area (Å²) < 4.78 is 5.10. The van der Waals surface area contributed by atoms with Crippen LogP contribution in [0.5, 0.6) is 0 Å². The fraction of sp³-hybridized carbons (Fsp3) is 0.864. The van der Waals surface area contributed by atoms with Gasteiger partial charge in [0.15, 0.2) is 0 Å². The van der Waals surface area contributed by atoms with Crippen LogP contribution in [0.4, 0.5) is 4.79 Å². The van der Waals surface area contributed by atoms with Gasteiger partial charge in [-0.3, -0.25) is 19.8 Å². The van der Waals surface area contributed by atoms with Gasteiger partial charge >= 0.3 is 12.0 Å². The van der Waals surface area contributed by atoms with Crippen molar-refractivity contribution in [2.45, 2.75) is 76.8 Å². The Morgan fingerprint density at radius 2 is 1.59 bits per heavy atom. The minimum atomic E-state index is -0.389. The molecule has 5 fully saturated rings. The number of urea groups is 1. The number of imide groups is 1. The summed E-state index contributed by atoms with van der Waals surface area (Å²) in [5, 5.41) is 5.78. The lowest BCUT2D eigenvalue weighted by molar-refractivity contribution is -0.149. The number of nitrogens with one attached hydrogen (secondary N) is 2. The van der Waals surface area contributed by atoms with Gasteiger partial charge in [-0.05, 0) is 96.1 Å². The van der Waals surface area contributed by atoms with E-state index < -0.39 is 0 Å². The lowest BCUT2D eigenvalue weighted by Gasteiger charge is -2.56. The van der Waals surface area contributed by atoms with Crippen LogP contribution < -0.4 is 10.6 Å². The number of amides is 3. The third-order valence-corrected chi connectivity index (χ3v) is 7.73. The Labute approximate surface area is 173 Å². The predicted octanol–water partition coefficient (Wildman–Crippen LogP) is 2.44. The van der Waals surface area contributed by atoms with Crippen LogP contribution in [0.2, 0.25) is 0 Å². The molecule has 1 heterocycles. The number of rotatable bonds is 5. The number of carbonyl (C=O) groups excluding carboxylic acids is 3.